The summed E-state index contributed by atoms with van der Waals surface area (Å²) in [5.41, 5.74) is 4.01. The predicted octanol–water partition coefficient (Wildman–Crippen LogP) is 2.35. The van der Waals surface area contributed by atoms with Gasteiger partial charge in [0, 0.05) is 17.9 Å². The van der Waals surface area contributed by atoms with Gasteiger partial charge in [-0.3, -0.25) is 5.10 Å². The highest BCUT2D eigenvalue weighted by Gasteiger charge is 2.16. The zero-order chi connectivity index (χ0) is 11.5. The fourth-order valence-electron chi connectivity index (χ4n) is 2.06. The predicted molar refractivity (Wildman–Crippen MR) is 70.0 cm³/mol. The van der Waals surface area contributed by atoms with E-state index in [0.29, 0.717) is 0 Å². The smallest absolute Gasteiger partial charge is 0.122 e. The van der Waals surface area contributed by atoms with Crippen LogP contribution in [0, 0.1) is 0 Å². The van der Waals surface area contributed by atoms with Crippen LogP contribution in [0.1, 0.15) is 16.8 Å². The van der Waals surface area contributed by atoms with E-state index < -0.39 is 0 Å². The molecule has 0 saturated carbocycles. The quantitative estimate of drug-likeness (QED) is 0.816. The molecule has 3 nitrogen and oxygen atoms in total. The number of H-pyrrole nitrogens is 1. The van der Waals surface area contributed by atoms with Crippen molar-refractivity contribution in [2.45, 2.75) is 23.7 Å². The van der Waals surface area contributed by atoms with Crippen molar-refractivity contribution in [3.05, 3.63) is 47.2 Å². The maximum atomic E-state index is 4.41. The third kappa shape index (κ3) is 2.37. The number of fused-ring (bicyclic) bond motifs is 1. The van der Waals surface area contributed by atoms with E-state index in [-0.39, 0.29) is 0 Å². The van der Waals surface area contributed by atoms with E-state index in [1.54, 1.807) is 0 Å². The Bertz CT molecular complexity index is 493. The number of hydrogen-bond acceptors (Lipinski definition) is 3. The molecule has 0 bridgehead atoms. The first-order valence-electron chi connectivity index (χ1n) is 5.87. The third-order valence-corrected chi connectivity index (χ3v) is 4.08. The highest BCUT2D eigenvalue weighted by Crippen LogP contribution is 2.27. The van der Waals surface area contributed by atoms with Crippen LogP contribution in [0.2, 0.25) is 0 Å². The lowest BCUT2D eigenvalue weighted by molar-refractivity contribution is 0.630. The van der Waals surface area contributed by atoms with Gasteiger partial charge in [0.15, 0.2) is 0 Å². The van der Waals surface area contributed by atoms with Crippen LogP contribution in [-0.4, -0.2) is 16.7 Å². The minimum Gasteiger partial charge on any atom is -0.311 e. The summed E-state index contributed by atoms with van der Waals surface area (Å²) in [5.74, 6) is 0.992. The first-order valence-corrected chi connectivity index (χ1v) is 6.85. The van der Waals surface area contributed by atoms with Crippen LogP contribution in [0.15, 0.2) is 35.4 Å². The van der Waals surface area contributed by atoms with E-state index >= 15 is 0 Å². The van der Waals surface area contributed by atoms with Crippen LogP contribution in [0.5, 0.6) is 0 Å². The molecule has 0 amide bonds. The Labute approximate surface area is 105 Å². The van der Waals surface area contributed by atoms with Crippen LogP contribution in [0.4, 0.5) is 0 Å². The van der Waals surface area contributed by atoms with E-state index in [1.165, 1.54) is 21.8 Å². The maximum Gasteiger partial charge on any atom is 0.122 e. The van der Waals surface area contributed by atoms with Gasteiger partial charge in [0.2, 0.25) is 0 Å². The zero-order valence-corrected chi connectivity index (χ0v) is 10.4. The van der Waals surface area contributed by atoms with Gasteiger partial charge in [-0.1, -0.05) is 42.1 Å². The van der Waals surface area contributed by atoms with Gasteiger partial charge in [-0.2, -0.15) is 5.10 Å². The average Bonchev–Trinajstić information content (AvgIpc) is 2.81. The van der Waals surface area contributed by atoms with Gasteiger partial charge in [0.1, 0.15) is 5.03 Å². The normalized spacial score (nSPS) is 14.6. The zero-order valence-electron chi connectivity index (χ0n) is 9.57. The average molecular weight is 245 g/mol. The molecule has 0 radical (unpaired) electrons. The fourth-order valence-corrected chi connectivity index (χ4v) is 3.06. The first kappa shape index (κ1) is 10.9. The molecular formula is C13H15N3S. The van der Waals surface area contributed by atoms with Crippen LogP contribution < -0.4 is 5.32 Å². The Morgan fingerprint density at radius 1 is 1.24 bits per heavy atom. The summed E-state index contributed by atoms with van der Waals surface area (Å²) in [6.45, 7) is 1.99. The molecule has 0 aliphatic carbocycles. The molecule has 17 heavy (non-hydrogen) atoms. The molecule has 0 atom stereocenters. The molecule has 3 rings (SSSR count). The molecule has 1 aliphatic rings. The number of nitrogens with zero attached hydrogens (tertiary/aromatic N) is 1. The topological polar surface area (TPSA) is 40.7 Å². The monoisotopic (exact) mass is 245 g/mol. The Morgan fingerprint density at radius 2 is 2.12 bits per heavy atom. The molecule has 2 heterocycles. The molecule has 2 aromatic rings. The van der Waals surface area contributed by atoms with Crippen molar-refractivity contribution in [1.29, 1.82) is 0 Å². The summed E-state index contributed by atoms with van der Waals surface area (Å²) < 4.78 is 0. The lowest BCUT2D eigenvalue weighted by Crippen LogP contribution is -2.23. The standard InChI is InChI=1S/C13H15N3S/c1-2-4-10(5-3-1)9-17-13-11-6-7-14-8-12(11)15-16-13/h1-5,14H,6-9H2,(H,15,16). The molecule has 2 N–H and O–H groups in total. The Balaban J connectivity index is 1.71. The van der Waals surface area contributed by atoms with Gasteiger partial charge in [0.05, 0.1) is 5.69 Å². The van der Waals surface area contributed by atoms with Crippen LogP contribution >= 0.6 is 11.8 Å². The molecule has 1 aliphatic heterocycles. The van der Waals surface area contributed by atoms with E-state index in [9.17, 15) is 0 Å². The molecular weight excluding hydrogens is 230 g/mol. The second-order valence-electron chi connectivity index (χ2n) is 4.19. The van der Waals surface area contributed by atoms with Crippen molar-refractivity contribution in [2.24, 2.45) is 0 Å². The van der Waals surface area contributed by atoms with Gasteiger partial charge in [-0.15, -0.1) is 0 Å². The van der Waals surface area contributed by atoms with E-state index in [0.717, 1.165) is 25.3 Å². The summed E-state index contributed by atoms with van der Waals surface area (Å²) in [6, 6.07) is 10.5. The van der Waals surface area contributed by atoms with Crippen molar-refractivity contribution >= 4 is 11.8 Å². The number of nitrogens with one attached hydrogen (secondary N) is 2. The lowest BCUT2D eigenvalue weighted by Gasteiger charge is -2.12. The first-order chi connectivity index (χ1) is 8.43. The molecule has 0 spiro atoms. The Kier molecular flexibility index (Phi) is 3.16. The van der Waals surface area contributed by atoms with Crippen molar-refractivity contribution in [2.75, 3.05) is 6.54 Å². The number of thioether (sulfide) groups is 1. The lowest BCUT2D eigenvalue weighted by atomic mass is 10.1. The summed E-state index contributed by atoms with van der Waals surface area (Å²) in [4.78, 5) is 0. The summed E-state index contributed by atoms with van der Waals surface area (Å²) in [6.07, 6.45) is 1.09. The van der Waals surface area contributed by atoms with Crippen molar-refractivity contribution in [3.8, 4) is 0 Å². The summed E-state index contributed by atoms with van der Waals surface area (Å²) >= 11 is 1.82. The second-order valence-corrected chi connectivity index (χ2v) is 5.15. The van der Waals surface area contributed by atoms with Crippen molar-refractivity contribution in [1.82, 2.24) is 15.5 Å². The van der Waals surface area contributed by atoms with E-state index in [1.807, 2.05) is 11.8 Å². The van der Waals surface area contributed by atoms with Crippen LogP contribution in [0.25, 0.3) is 0 Å². The molecule has 1 aromatic heterocycles. The van der Waals surface area contributed by atoms with Gasteiger partial charge >= 0.3 is 0 Å². The molecule has 0 unspecified atom stereocenters. The molecule has 4 heteroatoms. The highest BCUT2D eigenvalue weighted by molar-refractivity contribution is 7.98. The number of rotatable bonds is 3. The SMILES string of the molecule is c1ccc(CSc2n[nH]c3c2CCNC3)cc1. The second kappa shape index (κ2) is 4.94. The van der Waals surface area contributed by atoms with Crippen LogP contribution in [0.3, 0.4) is 0 Å². The number of aromatic nitrogens is 2. The Morgan fingerprint density at radius 3 is 3.00 bits per heavy atom. The summed E-state index contributed by atoms with van der Waals surface area (Å²) in [5, 5.41) is 12.1. The number of hydrogen-bond donors (Lipinski definition) is 2. The van der Waals surface area contributed by atoms with Gasteiger partial charge < -0.3 is 5.32 Å². The highest BCUT2D eigenvalue weighted by atomic mass is 32.2. The largest absolute Gasteiger partial charge is 0.311 e. The molecule has 0 saturated heterocycles. The maximum absolute atomic E-state index is 4.41. The van der Waals surface area contributed by atoms with Gasteiger partial charge in [-0.25, -0.2) is 0 Å². The van der Waals surface area contributed by atoms with Gasteiger partial charge in [0.25, 0.3) is 0 Å². The Hall–Kier alpha value is -1.26. The molecule has 1 aromatic carbocycles. The van der Waals surface area contributed by atoms with Crippen LogP contribution in [-0.2, 0) is 18.7 Å². The molecule has 88 valence electrons. The number of aromatic amines is 1. The molecule has 0 fully saturated rings. The minimum absolute atomic E-state index is 0.925. The minimum atomic E-state index is 0.925. The summed E-state index contributed by atoms with van der Waals surface area (Å²) in [7, 11) is 0. The number of benzene rings is 1. The van der Waals surface area contributed by atoms with Crippen molar-refractivity contribution in [3.63, 3.8) is 0 Å². The fraction of sp³-hybridized carbons (Fsp3) is 0.308. The third-order valence-electron chi connectivity index (χ3n) is 2.99. The van der Waals surface area contributed by atoms with E-state index in [2.05, 4.69) is 45.8 Å². The van der Waals surface area contributed by atoms with Crippen molar-refractivity contribution < 1.29 is 0 Å². The van der Waals surface area contributed by atoms with Gasteiger partial charge in [-0.05, 0) is 18.5 Å². The van der Waals surface area contributed by atoms with E-state index in [4.69, 9.17) is 0 Å².